The molecule has 1 heterocycles. The Hall–Kier alpha value is -3.15. The molecule has 0 aliphatic carbocycles. The summed E-state index contributed by atoms with van der Waals surface area (Å²) >= 11 is 0. The zero-order chi connectivity index (χ0) is 22.5. The van der Waals surface area contributed by atoms with Crippen LogP contribution in [0.1, 0.15) is 5.56 Å². The van der Waals surface area contributed by atoms with Gasteiger partial charge in [-0.3, -0.25) is 4.98 Å². The maximum Gasteiger partial charge on any atom is 0.200 e. The van der Waals surface area contributed by atoms with Crippen LogP contribution in [-0.2, 0) is 6.61 Å². The minimum atomic E-state index is -2.54. The van der Waals surface area contributed by atoms with Crippen LogP contribution in [-0.4, -0.2) is 10.1 Å². The van der Waals surface area contributed by atoms with Crippen LogP contribution in [0.25, 0.3) is 22.4 Å². The van der Waals surface area contributed by atoms with Gasteiger partial charge in [0.25, 0.3) is 0 Å². The van der Waals surface area contributed by atoms with Crippen LogP contribution in [0.5, 0.6) is 0 Å². The van der Waals surface area contributed by atoms with Crippen molar-refractivity contribution in [1.29, 1.82) is 0 Å². The Morgan fingerprint density at radius 2 is 0.933 bits per heavy atom. The molecule has 0 saturated heterocycles. The molecule has 0 spiro atoms. The summed E-state index contributed by atoms with van der Waals surface area (Å²) in [6.45, 7) is -0.910. The lowest BCUT2D eigenvalue weighted by molar-refractivity contribution is 0.281. The molecule has 30 heavy (non-hydrogen) atoms. The van der Waals surface area contributed by atoms with E-state index in [1.807, 2.05) is 0 Å². The van der Waals surface area contributed by atoms with E-state index in [4.69, 9.17) is 5.11 Å². The van der Waals surface area contributed by atoms with Crippen LogP contribution in [0.2, 0.25) is 0 Å². The highest BCUT2D eigenvalue weighted by molar-refractivity contribution is 5.82. The Kier molecular flexibility index (Phi) is 5.46. The number of pyridine rings is 1. The van der Waals surface area contributed by atoms with Gasteiger partial charge in [0, 0.05) is 11.8 Å². The van der Waals surface area contributed by atoms with Crippen molar-refractivity contribution >= 4 is 0 Å². The third kappa shape index (κ3) is 3.07. The van der Waals surface area contributed by atoms with E-state index < -0.39 is 87.2 Å². The molecule has 0 amide bonds. The molecule has 0 radical (unpaired) electrons. The predicted octanol–water partition coefficient (Wildman–Crippen LogP) is 5.30. The lowest BCUT2D eigenvalue weighted by Crippen LogP contribution is -2.09. The molecule has 0 unspecified atom stereocenters. The van der Waals surface area contributed by atoms with Gasteiger partial charge in [0.2, 0.25) is 11.6 Å². The third-order valence-corrected chi connectivity index (χ3v) is 4.05. The number of rotatable bonds is 3. The zero-order valence-electron chi connectivity index (χ0n) is 14.0. The number of hydrogen-bond donors (Lipinski definition) is 1. The SMILES string of the molecule is OCc1cnc(-c2c(F)c(F)c(F)c(F)c2F)c(-c2c(F)c(F)c(F)c(F)c2F)c1. The zero-order valence-corrected chi connectivity index (χ0v) is 14.0. The summed E-state index contributed by atoms with van der Waals surface area (Å²) in [4.78, 5) is 3.33. The monoisotopic (exact) mass is 441 g/mol. The second kappa shape index (κ2) is 7.59. The Balaban J connectivity index is 2.51. The molecule has 3 rings (SSSR count). The van der Waals surface area contributed by atoms with Crippen molar-refractivity contribution in [2.24, 2.45) is 0 Å². The molecule has 0 aliphatic heterocycles. The van der Waals surface area contributed by atoms with E-state index in [1.54, 1.807) is 0 Å². The van der Waals surface area contributed by atoms with Crippen LogP contribution >= 0.6 is 0 Å². The van der Waals surface area contributed by atoms with E-state index in [0.29, 0.717) is 12.3 Å². The highest BCUT2D eigenvalue weighted by Crippen LogP contribution is 2.40. The van der Waals surface area contributed by atoms with E-state index in [-0.39, 0.29) is 5.56 Å². The molecule has 1 N–H and O–H groups in total. The number of nitrogens with zero attached hydrogens (tertiary/aromatic N) is 1. The molecular weight excluding hydrogens is 436 g/mol. The second-order valence-electron chi connectivity index (χ2n) is 5.79. The summed E-state index contributed by atoms with van der Waals surface area (Å²) in [6.07, 6.45) is 0.642. The Morgan fingerprint density at radius 1 is 0.567 bits per heavy atom. The number of aliphatic hydroxyl groups excluding tert-OH is 1. The smallest absolute Gasteiger partial charge is 0.200 e. The molecule has 0 aliphatic rings. The molecule has 0 saturated carbocycles. The average molecular weight is 441 g/mol. The average Bonchev–Trinajstić information content (AvgIpc) is 2.74. The first kappa shape index (κ1) is 21.6. The van der Waals surface area contributed by atoms with Gasteiger partial charge in [-0.1, -0.05) is 0 Å². The third-order valence-electron chi connectivity index (χ3n) is 4.05. The number of aliphatic hydroxyl groups is 1. The highest BCUT2D eigenvalue weighted by Gasteiger charge is 2.33. The van der Waals surface area contributed by atoms with Crippen molar-refractivity contribution in [2.45, 2.75) is 6.61 Å². The van der Waals surface area contributed by atoms with Crippen LogP contribution in [0.3, 0.4) is 0 Å². The van der Waals surface area contributed by atoms with Crippen molar-refractivity contribution in [1.82, 2.24) is 4.98 Å². The fourth-order valence-corrected chi connectivity index (χ4v) is 2.64. The molecule has 1 aromatic heterocycles. The maximum absolute atomic E-state index is 14.2. The summed E-state index contributed by atoms with van der Waals surface area (Å²) < 4.78 is 138. The van der Waals surface area contributed by atoms with Crippen molar-refractivity contribution in [3.63, 3.8) is 0 Å². The topological polar surface area (TPSA) is 33.1 Å². The summed E-state index contributed by atoms with van der Waals surface area (Å²) in [7, 11) is 0. The lowest BCUT2D eigenvalue weighted by Gasteiger charge is -2.15. The first-order chi connectivity index (χ1) is 14.0. The molecule has 3 aromatic rings. The number of benzene rings is 2. The number of aromatic nitrogens is 1. The summed E-state index contributed by atoms with van der Waals surface area (Å²) in [5, 5.41) is 9.14. The van der Waals surface area contributed by atoms with Crippen molar-refractivity contribution in [3.05, 3.63) is 76.0 Å². The van der Waals surface area contributed by atoms with Crippen LogP contribution in [0.4, 0.5) is 43.9 Å². The first-order valence-electron chi connectivity index (χ1n) is 7.66. The first-order valence-corrected chi connectivity index (χ1v) is 7.66. The van der Waals surface area contributed by atoms with E-state index in [9.17, 15) is 43.9 Å². The lowest BCUT2D eigenvalue weighted by atomic mass is 9.95. The molecule has 2 nitrogen and oxygen atoms in total. The molecular formula is C18H5F10NO. The minimum absolute atomic E-state index is 0.332. The Bertz CT molecular complexity index is 1140. The quantitative estimate of drug-likeness (QED) is 0.340. The largest absolute Gasteiger partial charge is 0.392 e. The number of hydrogen-bond acceptors (Lipinski definition) is 2. The van der Waals surface area contributed by atoms with Gasteiger partial charge >= 0.3 is 0 Å². The van der Waals surface area contributed by atoms with Gasteiger partial charge in [0.1, 0.15) is 0 Å². The van der Waals surface area contributed by atoms with Gasteiger partial charge in [0.15, 0.2) is 46.5 Å². The van der Waals surface area contributed by atoms with Crippen LogP contribution in [0, 0.1) is 58.2 Å². The molecule has 0 fully saturated rings. The van der Waals surface area contributed by atoms with Crippen LogP contribution < -0.4 is 0 Å². The fourth-order valence-electron chi connectivity index (χ4n) is 2.64. The Morgan fingerprint density at radius 3 is 1.33 bits per heavy atom. The van der Waals surface area contributed by atoms with Crippen LogP contribution in [0.15, 0.2) is 12.3 Å². The maximum atomic E-state index is 14.2. The normalized spacial score (nSPS) is 11.3. The van der Waals surface area contributed by atoms with Crippen molar-refractivity contribution in [3.8, 4) is 22.4 Å². The molecule has 12 heteroatoms. The standard InChI is InChI=1S/C18H5F10NO/c19-8-6(9(20)13(24)16(27)12(8)23)5-1-4(3-30)2-29-18(5)7-10(21)14(25)17(28)15(26)11(7)22/h1-2,30H,3H2. The van der Waals surface area contributed by atoms with E-state index >= 15 is 0 Å². The van der Waals surface area contributed by atoms with Crippen molar-refractivity contribution in [2.75, 3.05) is 0 Å². The summed E-state index contributed by atoms with van der Waals surface area (Å²) in [5.74, 6) is -24.6. The van der Waals surface area contributed by atoms with E-state index in [1.165, 1.54) is 0 Å². The molecule has 0 atom stereocenters. The number of halogens is 10. The van der Waals surface area contributed by atoms with Gasteiger partial charge in [-0.2, -0.15) is 0 Å². The minimum Gasteiger partial charge on any atom is -0.392 e. The molecule has 2 aromatic carbocycles. The molecule has 158 valence electrons. The summed E-state index contributed by atoms with van der Waals surface area (Å²) in [6, 6.07) is 0.526. The van der Waals surface area contributed by atoms with E-state index in [0.717, 1.165) is 0 Å². The van der Waals surface area contributed by atoms with E-state index in [2.05, 4.69) is 4.98 Å². The van der Waals surface area contributed by atoms with Gasteiger partial charge < -0.3 is 5.11 Å². The second-order valence-corrected chi connectivity index (χ2v) is 5.79. The Labute approximate surface area is 160 Å². The summed E-state index contributed by atoms with van der Waals surface area (Å²) in [5.41, 5.74) is -6.37. The highest BCUT2D eigenvalue weighted by atomic mass is 19.2. The van der Waals surface area contributed by atoms with Gasteiger partial charge in [-0.25, -0.2) is 43.9 Å². The van der Waals surface area contributed by atoms with Gasteiger partial charge in [-0.05, 0) is 11.6 Å². The molecule has 0 bridgehead atoms. The fraction of sp³-hybridized carbons (Fsp3) is 0.0556. The van der Waals surface area contributed by atoms with Gasteiger partial charge in [-0.15, -0.1) is 0 Å². The van der Waals surface area contributed by atoms with Gasteiger partial charge in [0.05, 0.1) is 23.4 Å². The van der Waals surface area contributed by atoms with Crippen molar-refractivity contribution < 1.29 is 49.0 Å². The predicted molar refractivity (Wildman–Crippen MR) is 80.6 cm³/mol.